The van der Waals surface area contributed by atoms with E-state index in [9.17, 15) is 9.18 Å². The maximum Gasteiger partial charge on any atom is 0.322 e. The monoisotopic (exact) mass is 364 g/mol. The molecule has 3 aromatic rings. The maximum absolute atomic E-state index is 13.8. The number of anilines is 3. The average molecular weight is 364 g/mol. The number of benzene rings is 1. The first-order valence-electron chi connectivity index (χ1n) is 7.77. The van der Waals surface area contributed by atoms with E-state index in [1.54, 1.807) is 42.7 Å². The van der Waals surface area contributed by atoms with E-state index in [4.69, 9.17) is 10.4 Å². The van der Waals surface area contributed by atoms with Gasteiger partial charge in [-0.05, 0) is 24.3 Å². The van der Waals surface area contributed by atoms with Crippen molar-refractivity contribution in [2.75, 3.05) is 17.2 Å². The van der Waals surface area contributed by atoms with E-state index in [1.807, 2.05) is 0 Å². The van der Waals surface area contributed by atoms with Gasteiger partial charge in [-0.15, -0.1) is 0 Å². The summed E-state index contributed by atoms with van der Waals surface area (Å²) in [5.74, 6) is -1.38. The van der Waals surface area contributed by atoms with Gasteiger partial charge < -0.3 is 15.7 Å². The third kappa shape index (κ3) is 4.32. The van der Waals surface area contributed by atoms with Crippen molar-refractivity contribution in [3.63, 3.8) is 0 Å². The molecule has 2 aromatic heterocycles. The fourth-order valence-electron chi connectivity index (χ4n) is 2.30. The Labute approximate surface area is 153 Å². The first kappa shape index (κ1) is 17.8. The number of nitrogens with zero attached hydrogens (tertiary/aromatic N) is 4. The molecule has 3 N–H and O–H groups in total. The van der Waals surface area contributed by atoms with Crippen LogP contribution in [0.15, 0.2) is 48.8 Å². The standard InChI is InChI=1S/C18H13FN6O2/c19-13-2-1-3-14(12(13)9-20)23-16-8-15(11-4-6-21-7-5-11)24-18(25-16)22-10-17(26)27/h1-8H,10H2,(H,26,27)(H2,22,23,24,25). The van der Waals surface area contributed by atoms with Crippen LogP contribution < -0.4 is 10.6 Å². The predicted molar refractivity (Wildman–Crippen MR) is 95.8 cm³/mol. The molecule has 0 unspecified atom stereocenters. The van der Waals surface area contributed by atoms with E-state index in [0.29, 0.717) is 5.69 Å². The van der Waals surface area contributed by atoms with E-state index >= 15 is 0 Å². The molecule has 0 fully saturated rings. The number of halogens is 1. The highest BCUT2D eigenvalue weighted by Gasteiger charge is 2.12. The SMILES string of the molecule is N#Cc1c(F)cccc1Nc1cc(-c2ccncc2)nc(NCC(=O)O)n1. The minimum Gasteiger partial charge on any atom is -0.480 e. The predicted octanol–water partition coefficient (Wildman–Crippen LogP) is 2.79. The van der Waals surface area contributed by atoms with Crippen molar-refractivity contribution in [1.29, 1.82) is 5.26 Å². The number of aliphatic carboxylic acids is 1. The number of hydrogen-bond acceptors (Lipinski definition) is 7. The molecule has 134 valence electrons. The Bertz CT molecular complexity index is 1020. The van der Waals surface area contributed by atoms with Gasteiger partial charge in [-0.3, -0.25) is 9.78 Å². The van der Waals surface area contributed by atoms with Crippen LogP contribution in [0.5, 0.6) is 0 Å². The van der Waals surface area contributed by atoms with Gasteiger partial charge >= 0.3 is 5.97 Å². The van der Waals surface area contributed by atoms with Crippen molar-refractivity contribution < 1.29 is 14.3 Å². The molecule has 0 amide bonds. The normalized spacial score (nSPS) is 10.1. The number of carboxylic acid groups (broad SMARTS) is 1. The Morgan fingerprint density at radius 2 is 2.00 bits per heavy atom. The average Bonchev–Trinajstić information content (AvgIpc) is 2.67. The molecule has 0 spiro atoms. The van der Waals surface area contributed by atoms with Crippen LogP contribution in [0, 0.1) is 17.1 Å². The number of nitriles is 1. The Hall–Kier alpha value is -4.06. The van der Waals surface area contributed by atoms with Crippen LogP contribution >= 0.6 is 0 Å². The summed E-state index contributed by atoms with van der Waals surface area (Å²) in [6, 6.07) is 11.1. The van der Waals surface area contributed by atoms with Crippen LogP contribution in [-0.2, 0) is 4.79 Å². The highest BCUT2D eigenvalue weighted by atomic mass is 19.1. The lowest BCUT2D eigenvalue weighted by Gasteiger charge is -2.12. The highest BCUT2D eigenvalue weighted by molar-refractivity contribution is 5.73. The number of hydrogen-bond donors (Lipinski definition) is 3. The van der Waals surface area contributed by atoms with E-state index in [-0.39, 0.29) is 29.6 Å². The quantitative estimate of drug-likeness (QED) is 0.610. The molecule has 2 heterocycles. The van der Waals surface area contributed by atoms with Crippen LogP contribution in [0.3, 0.4) is 0 Å². The largest absolute Gasteiger partial charge is 0.480 e. The molecule has 0 radical (unpaired) electrons. The second kappa shape index (κ2) is 7.88. The lowest BCUT2D eigenvalue weighted by Crippen LogP contribution is -2.15. The molecule has 9 heteroatoms. The molecular weight excluding hydrogens is 351 g/mol. The molecule has 0 atom stereocenters. The van der Waals surface area contributed by atoms with Gasteiger partial charge in [0.15, 0.2) is 0 Å². The summed E-state index contributed by atoms with van der Waals surface area (Å²) in [7, 11) is 0. The number of pyridine rings is 1. The van der Waals surface area contributed by atoms with Crippen molar-refractivity contribution in [3.05, 3.63) is 60.2 Å². The Morgan fingerprint density at radius 3 is 2.70 bits per heavy atom. The Kier molecular flexibility index (Phi) is 5.18. The fourth-order valence-corrected chi connectivity index (χ4v) is 2.30. The molecule has 3 rings (SSSR count). The maximum atomic E-state index is 13.8. The summed E-state index contributed by atoms with van der Waals surface area (Å²) in [6.07, 6.45) is 3.19. The second-order valence-electron chi connectivity index (χ2n) is 5.34. The van der Waals surface area contributed by atoms with Gasteiger partial charge in [-0.2, -0.15) is 10.2 Å². The summed E-state index contributed by atoms with van der Waals surface area (Å²) >= 11 is 0. The highest BCUT2D eigenvalue weighted by Crippen LogP contribution is 2.25. The van der Waals surface area contributed by atoms with Crippen LogP contribution in [0.4, 0.5) is 21.8 Å². The number of nitrogens with one attached hydrogen (secondary N) is 2. The van der Waals surface area contributed by atoms with Gasteiger partial charge in [0.25, 0.3) is 0 Å². The smallest absolute Gasteiger partial charge is 0.322 e. The van der Waals surface area contributed by atoms with Gasteiger partial charge in [-0.25, -0.2) is 9.37 Å². The van der Waals surface area contributed by atoms with Crippen molar-refractivity contribution in [2.45, 2.75) is 0 Å². The van der Waals surface area contributed by atoms with Gasteiger partial charge in [0.05, 0.1) is 11.4 Å². The molecular formula is C18H13FN6O2. The molecule has 0 aliphatic carbocycles. The topological polar surface area (TPSA) is 124 Å². The zero-order chi connectivity index (χ0) is 19.2. The first-order chi connectivity index (χ1) is 13.1. The second-order valence-corrected chi connectivity index (χ2v) is 5.34. The van der Waals surface area contributed by atoms with Crippen LogP contribution in [-0.4, -0.2) is 32.6 Å². The van der Waals surface area contributed by atoms with Crippen molar-refractivity contribution in [3.8, 4) is 17.3 Å². The number of aromatic nitrogens is 3. The fraction of sp³-hybridized carbons (Fsp3) is 0.0556. The number of carbonyl (C=O) groups is 1. The summed E-state index contributed by atoms with van der Waals surface area (Å²) in [5.41, 5.74) is 1.31. The van der Waals surface area contributed by atoms with Gasteiger partial charge in [-0.1, -0.05) is 6.07 Å². The van der Waals surface area contributed by atoms with Crippen LogP contribution in [0.1, 0.15) is 5.56 Å². The summed E-state index contributed by atoms with van der Waals surface area (Å²) < 4.78 is 13.8. The molecule has 0 aliphatic rings. The molecule has 27 heavy (non-hydrogen) atoms. The zero-order valence-corrected chi connectivity index (χ0v) is 13.8. The molecule has 0 saturated carbocycles. The summed E-state index contributed by atoms with van der Waals surface area (Å²) in [5, 5.41) is 23.5. The molecule has 0 saturated heterocycles. The third-order valence-corrected chi connectivity index (χ3v) is 3.49. The van der Waals surface area contributed by atoms with Gasteiger partial charge in [0, 0.05) is 24.0 Å². The number of rotatable bonds is 6. The van der Waals surface area contributed by atoms with Crippen LogP contribution in [0.25, 0.3) is 11.3 Å². The third-order valence-electron chi connectivity index (χ3n) is 3.49. The molecule has 0 bridgehead atoms. The molecule has 8 nitrogen and oxygen atoms in total. The molecule has 1 aromatic carbocycles. The van der Waals surface area contributed by atoms with Gasteiger partial charge in [0.2, 0.25) is 5.95 Å². The Morgan fingerprint density at radius 1 is 1.22 bits per heavy atom. The Balaban J connectivity index is 2.01. The van der Waals surface area contributed by atoms with E-state index in [0.717, 1.165) is 5.56 Å². The zero-order valence-electron chi connectivity index (χ0n) is 13.8. The molecule has 0 aliphatic heterocycles. The summed E-state index contributed by atoms with van der Waals surface area (Å²) in [4.78, 5) is 23.2. The van der Waals surface area contributed by atoms with Crippen molar-refractivity contribution >= 4 is 23.4 Å². The van der Waals surface area contributed by atoms with E-state index in [2.05, 4.69) is 25.6 Å². The van der Waals surface area contributed by atoms with E-state index in [1.165, 1.54) is 12.1 Å². The minimum atomic E-state index is -1.07. The van der Waals surface area contributed by atoms with Crippen molar-refractivity contribution in [2.24, 2.45) is 0 Å². The minimum absolute atomic E-state index is 0.0733. The van der Waals surface area contributed by atoms with Gasteiger partial charge in [0.1, 0.15) is 29.8 Å². The lowest BCUT2D eigenvalue weighted by atomic mass is 10.1. The summed E-state index contributed by atoms with van der Waals surface area (Å²) in [6.45, 7) is -0.372. The van der Waals surface area contributed by atoms with Crippen molar-refractivity contribution in [1.82, 2.24) is 15.0 Å². The lowest BCUT2D eigenvalue weighted by molar-refractivity contribution is -0.134. The number of carboxylic acids is 1. The van der Waals surface area contributed by atoms with E-state index < -0.39 is 11.8 Å². The van der Waals surface area contributed by atoms with Crippen LogP contribution in [0.2, 0.25) is 0 Å². The first-order valence-corrected chi connectivity index (χ1v) is 7.77.